The van der Waals surface area contributed by atoms with Crippen molar-refractivity contribution in [3.8, 4) is 5.75 Å². The van der Waals surface area contributed by atoms with Gasteiger partial charge in [-0.2, -0.15) is 0 Å². The van der Waals surface area contributed by atoms with Gasteiger partial charge in [-0.05, 0) is 165 Å². The van der Waals surface area contributed by atoms with Gasteiger partial charge in [0.1, 0.15) is 42.4 Å². The maximum atomic E-state index is 12.9. The Hall–Kier alpha value is -2.32. The summed E-state index contributed by atoms with van der Waals surface area (Å²) < 4.78 is 64.0. The number of esters is 2. The standard InChI is InChI=1S/C27H43IO5Si.C16H22O5.C12H24Br2OSi.C5H10O4.C5H8O3/c1-19(20(2)33-34(8,9)26(3,4)5)15-16-22(30-25(29)21-13-11-10-12-14-21)24-23(17-18-28)31-27(6,7)32-24;1-16(2)20-14(15(10-17)21-16)8-9-19-11-12-4-6-13(18-3)7-5-12;1-9(8-11(13)14)10(2)15-16(6,7)12(3,4)5;6-3-1-5(8)9-2-4(3)7;1-4(6)3-5(7)8-2/h10-16,19-20,22-24H,17-18H2,1-9H3;4-7,10,14-15H,8-9,11H2,1-3H3;8-10H,1-7H3;3-8H,1-2H2;3H2,1-2H3/b16-15-;;;;/t19-,20-,22?,23+,24?;14?,15-;9-,10-;3-,4+,5?;/m1110./s1. The van der Waals surface area contributed by atoms with Crippen molar-refractivity contribution in [2.75, 3.05) is 31.9 Å². The maximum Gasteiger partial charge on any atom is 0.338 e. The highest BCUT2D eigenvalue weighted by atomic mass is 127. The van der Waals surface area contributed by atoms with E-state index in [0.717, 1.165) is 31.8 Å². The van der Waals surface area contributed by atoms with Crippen molar-refractivity contribution in [3.63, 3.8) is 0 Å². The van der Waals surface area contributed by atoms with Gasteiger partial charge in [-0.25, -0.2) is 4.79 Å². The number of benzene rings is 2. The minimum atomic E-state index is -1.89. The van der Waals surface area contributed by atoms with E-state index in [1.807, 2.05) is 76.2 Å². The van der Waals surface area contributed by atoms with Gasteiger partial charge in [-0.3, -0.25) is 9.59 Å². The molecule has 0 bridgehead atoms. The number of ether oxygens (including phenoxy) is 9. The van der Waals surface area contributed by atoms with E-state index in [2.05, 4.69) is 172 Å². The summed E-state index contributed by atoms with van der Waals surface area (Å²) in [5.74, 6) is -1.06. The number of carbonyl (C=O) groups is 4. The smallest absolute Gasteiger partial charge is 0.338 e. The van der Waals surface area contributed by atoms with E-state index in [-0.39, 0.29) is 77.7 Å². The molecule has 12 atom stereocenters. The minimum Gasteiger partial charge on any atom is -0.497 e. The molecule has 0 saturated carbocycles. The molecule has 3 heterocycles. The predicted molar refractivity (Wildman–Crippen MR) is 365 cm³/mol. The average Bonchev–Trinajstić information content (AvgIpc) is 3.47. The first kappa shape index (κ1) is 83.7. The molecule has 2 aromatic rings. The number of aliphatic hydroxyl groups excluding tert-OH is 3. The first-order valence-electron chi connectivity index (χ1n) is 30.0. The number of hydrogen-bond acceptors (Lipinski definition) is 18. The summed E-state index contributed by atoms with van der Waals surface area (Å²) in [6, 6.07) is 16.8. The SMILES string of the molecule is COC(=O)CC(C)=O.COc1ccc(COCCC2OC(C)(C)O[C@@H]2C=O)cc1.C[C@H](/C=C\C(OC(=O)c1ccccc1)C1OC(C)(C)O[C@H]1CCI)[C@@H](C)O[Si](C)(C)C(C)(C)C.C[C@H](C=C(Br)Br)[C@@H](C)O[Si](C)(C)C(C)(C)C.OC1C[C@H](O)[C@H](O)CO1. The highest BCUT2D eigenvalue weighted by Crippen LogP contribution is 2.40. The van der Waals surface area contributed by atoms with Crippen LogP contribution in [0.25, 0.3) is 0 Å². The Balaban J connectivity index is 0.000000610. The van der Waals surface area contributed by atoms with Gasteiger partial charge in [0, 0.05) is 42.0 Å². The molecule has 0 amide bonds. The van der Waals surface area contributed by atoms with Crippen molar-refractivity contribution in [2.45, 2.75) is 245 Å². The molecule has 23 heteroatoms. The van der Waals surface area contributed by atoms with E-state index in [1.165, 1.54) is 14.0 Å². The minimum absolute atomic E-state index is 0.0162. The zero-order chi connectivity index (χ0) is 67.6. The average molecular weight is 1520 g/mol. The molecule has 4 unspecified atom stereocenters. The number of carbonyl (C=O) groups excluding carboxylic acids is 4. The van der Waals surface area contributed by atoms with E-state index in [4.69, 9.17) is 57.3 Å². The summed E-state index contributed by atoms with van der Waals surface area (Å²) in [7, 11) is -0.636. The van der Waals surface area contributed by atoms with Crippen LogP contribution in [0.1, 0.15) is 145 Å². The molecule has 0 aliphatic carbocycles. The second-order valence-corrected chi connectivity index (χ2v) is 39.5. The summed E-state index contributed by atoms with van der Waals surface area (Å²) in [5.41, 5.74) is 1.60. The highest BCUT2D eigenvalue weighted by Gasteiger charge is 2.46. The van der Waals surface area contributed by atoms with Crippen molar-refractivity contribution in [1.82, 2.24) is 0 Å². The lowest BCUT2D eigenvalue weighted by Crippen LogP contribution is -2.44. The zero-order valence-corrected chi connectivity index (χ0v) is 63.5. The van der Waals surface area contributed by atoms with Crippen LogP contribution in [0.4, 0.5) is 0 Å². The lowest BCUT2D eigenvalue weighted by Gasteiger charge is -2.39. The molecule has 3 saturated heterocycles. The van der Waals surface area contributed by atoms with Gasteiger partial charge in [0.25, 0.3) is 0 Å². The van der Waals surface area contributed by atoms with E-state index in [1.54, 1.807) is 19.2 Å². The second-order valence-electron chi connectivity index (χ2n) is 26.2. The number of Topliss-reactive ketones (excluding diaryl/α,β-unsaturated/α-hetero) is 1. The van der Waals surface area contributed by atoms with E-state index in [9.17, 15) is 19.2 Å². The van der Waals surface area contributed by atoms with Crippen LogP contribution in [0.2, 0.25) is 36.3 Å². The molecule has 3 N–H and O–H groups in total. The number of aliphatic hydroxyl groups is 3. The maximum absolute atomic E-state index is 12.9. The number of rotatable bonds is 23. The fraction of sp³-hybridized carbons (Fsp3) is 0.692. The van der Waals surface area contributed by atoms with Gasteiger partial charge in [0.2, 0.25) is 0 Å². The van der Waals surface area contributed by atoms with Gasteiger partial charge in [0.05, 0.1) is 54.7 Å². The Kier molecular flexibility index (Phi) is 37.5. The topological polar surface area (TPSA) is 230 Å². The lowest BCUT2D eigenvalue weighted by atomic mass is 10.0. The number of alkyl halides is 1. The van der Waals surface area contributed by atoms with Crippen molar-refractivity contribution >= 4 is 95.1 Å². The van der Waals surface area contributed by atoms with E-state index < -0.39 is 64.9 Å². The molecule has 0 aromatic heterocycles. The molecule has 0 spiro atoms. The Morgan fingerprint density at radius 3 is 1.74 bits per heavy atom. The monoisotopic (exact) mass is 1520 g/mol. The fourth-order valence-corrected chi connectivity index (χ4v) is 12.5. The first-order chi connectivity index (χ1) is 40.5. The molecule has 18 nitrogen and oxygen atoms in total. The third-order valence-corrected chi connectivity index (χ3v) is 25.8. The molecular weight excluding hydrogens is 1410 g/mol. The van der Waals surface area contributed by atoms with Crippen LogP contribution in [-0.4, -0.2) is 161 Å². The third kappa shape index (κ3) is 32.0. The first-order valence-corrected chi connectivity index (χ1v) is 38.9. The van der Waals surface area contributed by atoms with Gasteiger partial charge >= 0.3 is 11.9 Å². The third-order valence-electron chi connectivity index (χ3n) is 15.5. The van der Waals surface area contributed by atoms with Crippen LogP contribution in [0.5, 0.6) is 5.75 Å². The number of methoxy groups -OCH3 is 2. The molecule has 5 rings (SSSR count). The van der Waals surface area contributed by atoms with Crippen LogP contribution in [-0.2, 0) is 67.7 Å². The zero-order valence-electron chi connectivity index (χ0n) is 56.2. The van der Waals surface area contributed by atoms with Crippen LogP contribution >= 0.6 is 54.5 Å². The van der Waals surface area contributed by atoms with Gasteiger partial charge in [-0.1, -0.05) is 120 Å². The number of aldehydes is 1. The van der Waals surface area contributed by atoms with Crippen molar-refractivity contribution in [2.24, 2.45) is 11.8 Å². The summed E-state index contributed by atoms with van der Waals surface area (Å²) in [6.07, 6.45) is 4.29. The summed E-state index contributed by atoms with van der Waals surface area (Å²) in [6.45, 7) is 41.1. The van der Waals surface area contributed by atoms with E-state index >= 15 is 0 Å². The van der Waals surface area contributed by atoms with Crippen LogP contribution < -0.4 is 4.74 Å². The molecule has 504 valence electrons. The van der Waals surface area contributed by atoms with Gasteiger partial charge < -0.3 is 71.6 Å². The fourth-order valence-electron chi connectivity index (χ4n) is 8.07. The Morgan fingerprint density at radius 2 is 1.28 bits per heavy atom. The Morgan fingerprint density at radius 1 is 0.750 bits per heavy atom. The van der Waals surface area contributed by atoms with Gasteiger partial charge in [-0.15, -0.1) is 0 Å². The molecule has 88 heavy (non-hydrogen) atoms. The number of halogens is 3. The molecular formula is C65H107Br2IO18Si2. The molecule has 0 radical (unpaired) electrons. The quantitative estimate of drug-likeness (QED) is 0.0137. The van der Waals surface area contributed by atoms with Crippen LogP contribution in [0.3, 0.4) is 0 Å². The molecule has 3 fully saturated rings. The lowest BCUT2D eigenvalue weighted by molar-refractivity contribution is -0.193. The number of hydrogen-bond donors (Lipinski definition) is 3. The normalized spacial score (nSPS) is 23.2. The Labute approximate surface area is 559 Å². The summed E-state index contributed by atoms with van der Waals surface area (Å²) in [5, 5.41) is 26.8. The van der Waals surface area contributed by atoms with Gasteiger partial charge in [0.15, 0.2) is 40.8 Å². The summed E-state index contributed by atoms with van der Waals surface area (Å²) >= 11 is 9.13. The molecule has 2 aromatic carbocycles. The largest absolute Gasteiger partial charge is 0.497 e. The summed E-state index contributed by atoms with van der Waals surface area (Å²) in [4.78, 5) is 44.2. The second kappa shape index (κ2) is 39.4. The predicted octanol–water partition coefficient (Wildman–Crippen LogP) is 13.7. The van der Waals surface area contributed by atoms with E-state index in [0.29, 0.717) is 31.1 Å². The Bertz CT molecular complexity index is 2410. The molecule has 3 aliphatic heterocycles. The van der Waals surface area contributed by atoms with Crippen molar-refractivity contribution in [1.29, 1.82) is 0 Å². The van der Waals surface area contributed by atoms with Crippen LogP contribution in [0, 0.1) is 11.8 Å². The number of ketones is 1. The van der Waals surface area contributed by atoms with Crippen molar-refractivity contribution < 1.29 is 86.0 Å². The van der Waals surface area contributed by atoms with Crippen molar-refractivity contribution in [3.05, 3.63) is 87.3 Å². The van der Waals surface area contributed by atoms with Crippen LogP contribution in [0.15, 0.2) is 76.2 Å². The molecule has 3 aliphatic rings. The highest BCUT2D eigenvalue weighted by molar-refractivity contribution is 14.1.